The fourth-order valence-electron chi connectivity index (χ4n) is 3.89. The monoisotopic (exact) mass is 586 g/mol. The summed E-state index contributed by atoms with van der Waals surface area (Å²) >= 11 is 6.66. The van der Waals surface area contributed by atoms with E-state index in [1.54, 1.807) is 13.0 Å². The third kappa shape index (κ3) is 7.30. The van der Waals surface area contributed by atoms with Crippen molar-refractivity contribution in [3.63, 3.8) is 0 Å². The lowest BCUT2D eigenvalue weighted by molar-refractivity contribution is -0.137. The SMILES string of the molecule is CC(NC(=O)c1cc(N2CCN(CCO)CC2)ncn1)c1ncc(C(O)Nc2cc(C(F)(F)F)c(Cl)cn2)s1. The van der Waals surface area contributed by atoms with Crippen molar-refractivity contribution in [2.24, 2.45) is 0 Å². The lowest BCUT2D eigenvalue weighted by Crippen LogP contribution is -2.47. The van der Waals surface area contributed by atoms with E-state index in [-0.39, 0.29) is 18.1 Å². The number of halogens is 4. The van der Waals surface area contributed by atoms with E-state index < -0.39 is 34.9 Å². The van der Waals surface area contributed by atoms with Crippen LogP contribution in [0.15, 0.2) is 30.9 Å². The average molecular weight is 587 g/mol. The molecule has 210 valence electrons. The molecule has 3 aromatic heterocycles. The smallest absolute Gasteiger partial charge is 0.395 e. The Bertz CT molecular complexity index is 1290. The van der Waals surface area contributed by atoms with Gasteiger partial charge in [-0.25, -0.2) is 19.9 Å². The van der Waals surface area contributed by atoms with E-state index in [2.05, 4.69) is 35.5 Å². The number of aliphatic hydroxyl groups is 2. The van der Waals surface area contributed by atoms with Gasteiger partial charge in [-0.15, -0.1) is 11.3 Å². The van der Waals surface area contributed by atoms with Gasteiger partial charge < -0.3 is 25.7 Å². The van der Waals surface area contributed by atoms with Gasteiger partial charge in [-0.05, 0) is 13.0 Å². The van der Waals surface area contributed by atoms with Crippen LogP contribution in [-0.2, 0) is 6.18 Å². The normalized spacial score (nSPS) is 16.1. The van der Waals surface area contributed by atoms with Crippen molar-refractivity contribution in [1.29, 1.82) is 0 Å². The van der Waals surface area contributed by atoms with E-state index in [1.165, 1.54) is 12.5 Å². The molecule has 0 radical (unpaired) electrons. The molecular weight excluding hydrogens is 561 g/mol. The fraction of sp³-hybridized carbons (Fsp3) is 0.435. The zero-order valence-corrected chi connectivity index (χ0v) is 22.3. The Morgan fingerprint density at radius 3 is 2.59 bits per heavy atom. The van der Waals surface area contributed by atoms with Crippen LogP contribution in [0.1, 0.15) is 45.1 Å². The van der Waals surface area contributed by atoms with Crippen molar-refractivity contribution in [3.8, 4) is 0 Å². The molecular formula is C23H26ClF3N8O3S. The van der Waals surface area contributed by atoms with Gasteiger partial charge in [-0.3, -0.25) is 9.69 Å². The van der Waals surface area contributed by atoms with Crippen LogP contribution in [0.3, 0.4) is 0 Å². The van der Waals surface area contributed by atoms with Gasteiger partial charge in [0.25, 0.3) is 5.91 Å². The summed E-state index contributed by atoms with van der Waals surface area (Å²) in [6.07, 6.45) is -2.53. The number of carbonyl (C=O) groups is 1. The molecule has 2 unspecified atom stereocenters. The molecule has 3 aromatic rings. The number of β-amino-alcohol motifs (C(OH)–C–C–N with tert-alkyl or cyclic N) is 1. The van der Waals surface area contributed by atoms with Gasteiger partial charge in [0.15, 0.2) is 6.23 Å². The van der Waals surface area contributed by atoms with E-state index in [9.17, 15) is 23.1 Å². The van der Waals surface area contributed by atoms with Gasteiger partial charge >= 0.3 is 6.18 Å². The second-order valence-electron chi connectivity index (χ2n) is 8.70. The number of pyridine rings is 1. The standard InChI is InChI=1S/C23H26ClF3N8O3S/c1-13(32-20(37)16-9-19(31-12-30-16)35-4-2-34(3-5-35)6-7-36)22-29-11-17(39-22)21(38)33-18-8-14(23(25,26)27)15(24)10-28-18/h8-13,21,36,38H,2-7H2,1H3,(H,28,33)(H,32,37). The highest BCUT2D eigenvalue weighted by Crippen LogP contribution is 2.36. The second-order valence-corrected chi connectivity index (χ2v) is 10.2. The molecule has 1 fully saturated rings. The Kier molecular flexibility index (Phi) is 9.17. The van der Waals surface area contributed by atoms with E-state index >= 15 is 0 Å². The number of anilines is 2. The van der Waals surface area contributed by atoms with E-state index in [1.807, 2.05) is 4.90 Å². The predicted octanol–water partition coefficient (Wildman–Crippen LogP) is 2.71. The molecule has 1 amide bonds. The van der Waals surface area contributed by atoms with Gasteiger partial charge in [0.1, 0.15) is 28.7 Å². The minimum atomic E-state index is -4.67. The van der Waals surface area contributed by atoms with Crippen molar-refractivity contribution < 1.29 is 28.2 Å². The van der Waals surface area contributed by atoms with Gasteiger partial charge in [-0.2, -0.15) is 13.2 Å². The van der Waals surface area contributed by atoms with Crippen LogP contribution in [0, 0.1) is 0 Å². The molecule has 0 bridgehead atoms. The minimum absolute atomic E-state index is 0.106. The first-order chi connectivity index (χ1) is 18.5. The molecule has 1 saturated heterocycles. The summed E-state index contributed by atoms with van der Waals surface area (Å²) in [5.41, 5.74) is -0.899. The van der Waals surface area contributed by atoms with Crippen LogP contribution in [-0.4, -0.2) is 80.3 Å². The highest BCUT2D eigenvalue weighted by Gasteiger charge is 2.34. The second kappa shape index (κ2) is 12.4. The molecule has 0 aliphatic carbocycles. The fourth-order valence-corrected chi connectivity index (χ4v) is 4.96. The summed E-state index contributed by atoms with van der Waals surface area (Å²) < 4.78 is 39.3. The average Bonchev–Trinajstić information content (AvgIpc) is 3.41. The molecule has 16 heteroatoms. The number of nitrogens with zero attached hydrogens (tertiary/aromatic N) is 6. The summed E-state index contributed by atoms with van der Waals surface area (Å²) in [6, 6.07) is 1.77. The van der Waals surface area contributed by atoms with Crippen molar-refractivity contribution in [3.05, 3.63) is 57.0 Å². The molecule has 11 nitrogen and oxygen atoms in total. The topological polar surface area (TPSA) is 140 Å². The maximum Gasteiger partial charge on any atom is 0.418 e. The first kappa shape index (κ1) is 28.9. The minimum Gasteiger partial charge on any atom is -0.395 e. The Labute approximate surface area is 230 Å². The third-order valence-electron chi connectivity index (χ3n) is 5.97. The number of rotatable bonds is 9. The summed E-state index contributed by atoms with van der Waals surface area (Å²) in [6.45, 7) is 5.38. The van der Waals surface area contributed by atoms with Crippen molar-refractivity contribution in [1.82, 2.24) is 30.2 Å². The van der Waals surface area contributed by atoms with E-state index in [0.717, 1.165) is 30.6 Å². The molecule has 0 saturated carbocycles. The number of hydrogen-bond donors (Lipinski definition) is 4. The van der Waals surface area contributed by atoms with Crippen molar-refractivity contribution in [2.45, 2.75) is 25.4 Å². The number of alkyl halides is 3. The first-order valence-electron chi connectivity index (χ1n) is 11.9. The number of nitrogens with one attached hydrogen (secondary N) is 2. The van der Waals surface area contributed by atoms with Gasteiger partial charge in [-0.1, -0.05) is 11.6 Å². The molecule has 1 aliphatic heterocycles. The highest BCUT2D eigenvalue weighted by molar-refractivity contribution is 7.11. The van der Waals surface area contributed by atoms with Gasteiger partial charge in [0.2, 0.25) is 0 Å². The number of aliphatic hydroxyl groups excluding tert-OH is 2. The lowest BCUT2D eigenvalue weighted by Gasteiger charge is -2.35. The summed E-state index contributed by atoms with van der Waals surface area (Å²) in [7, 11) is 0. The molecule has 0 aromatic carbocycles. The van der Waals surface area contributed by atoms with Crippen molar-refractivity contribution >= 4 is 40.5 Å². The number of amides is 1. The molecule has 4 rings (SSSR count). The Balaban J connectivity index is 1.36. The number of piperazine rings is 1. The first-order valence-corrected chi connectivity index (χ1v) is 13.1. The van der Waals surface area contributed by atoms with Crippen LogP contribution in [0.5, 0.6) is 0 Å². The van der Waals surface area contributed by atoms with Gasteiger partial charge in [0.05, 0.1) is 28.1 Å². The van der Waals surface area contributed by atoms with E-state index in [0.29, 0.717) is 41.4 Å². The zero-order chi connectivity index (χ0) is 28.2. The number of thiazole rings is 1. The molecule has 39 heavy (non-hydrogen) atoms. The molecule has 4 N–H and O–H groups in total. The van der Waals surface area contributed by atoms with Gasteiger partial charge in [0, 0.05) is 51.2 Å². The number of carbonyl (C=O) groups excluding carboxylic acids is 1. The Hall–Kier alpha value is -3.11. The Morgan fingerprint density at radius 2 is 1.90 bits per heavy atom. The Morgan fingerprint density at radius 1 is 1.15 bits per heavy atom. The molecule has 1 aliphatic rings. The number of hydrogen-bond acceptors (Lipinski definition) is 11. The summed E-state index contributed by atoms with van der Waals surface area (Å²) in [4.78, 5) is 33.7. The van der Waals surface area contributed by atoms with Crippen LogP contribution in [0.4, 0.5) is 24.8 Å². The van der Waals surface area contributed by atoms with Crippen LogP contribution in [0.25, 0.3) is 0 Å². The molecule has 0 spiro atoms. The molecule has 2 atom stereocenters. The zero-order valence-electron chi connectivity index (χ0n) is 20.7. The largest absolute Gasteiger partial charge is 0.418 e. The summed E-state index contributed by atoms with van der Waals surface area (Å²) in [5.74, 6) is -0.0305. The maximum absolute atomic E-state index is 13.1. The van der Waals surface area contributed by atoms with Crippen molar-refractivity contribution in [2.75, 3.05) is 49.5 Å². The highest BCUT2D eigenvalue weighted by atomic mass is 35.5. The predicted molar refractivity (Wildman–Crippen MR) is 139 cm³/mol. The quantitative estimate of drug-likeness (QED) is 0.277. The van der Waals surface area contributed by atoms with Crippen LogP contribution in [0.2, 0.25) is 5.02 Å². The summed E-state index contributed by atoms with van der Waals surface area (Å²) in [5, 5.41) is 24.8. The number of aromatic nitrogens is 4. The van der Waals surface area contributed by atoms with Crippen LogP contribution < -0.4 is 15.5 Å². The van der Waals surface area contributed by atoms with E-state index in [4.69, 9.17) is 16.7 Å². The maximum atomic E-state index is 13.1. The lowest BCUT2D eigenvalue weighted by atomic mass is 10.2. The third-order valence-corrected chi connectivity index (χ3v) is 7.51. The molecule has 4 heterocycles. The van der Waals surface area contributed by atoms with Crippen LogP contribution >= 0.6 is 22.9 Å².